The molecule has 0 saturated carbocycles. The van der Waals surface area contributed by atoms with Crippen molar-refractivity contribution in [3.63, 3.8) is 0 Å². The number of allylic oxidation sites excluding steroid dienone is 3. The van der Waals surface area contributed by atoms with Gasteiger partial charge in [0.2, 0.25) is 0 Å². The second-order valence-corrected chi connectivity index (χ2v) is 3.88. The van der Waals surface area contributed by atoms with Crippen molar-refractivity contribution >= 4 is 11.4 Å². The van der Waals surface area contributed by atoms with E-state index in [1.807, 2.05) is 18.2 Å². The molecule has 1 N–H and O–H groups in total. The van der Waals surface area contributed by atoms with Crippen molar-refractivity contribution in [3.05, 3.63) is 53.2 Å². The van der Waals surface area contributed by atoms with Crippen molar-refractivity contribution in [2.75, 3.05) is 0 Å². The van der Waals surface area contributed by atoms with Crippen molar-refractivity contribution in [2.24, 2.45) is 0 Å². The zero-order chi connectivity index (χ0) is 10.3. The predicted octanol–water partition coefficient (Wildman–Crippen LogP) is 2.03. The second-order valence-electron chi connectivity index (χ2n) is 3.88. The summed E-state index contributed by atoms with van der Waals surface area (Å²) in [7, 11) is 0. The SMILES string of the molecule is O=C1C=CC2=C(C1)c1ccccc1CN2. The molecule has 0 amide bonds. The monoisotopic (exact) mass is 197 g/mol. The lowest BCUT2D eigenvalue weighted by Crippen LogP contribution is -2.22. The van der Waals surface area contributed by atoms with Crippen LogP contribution in [0.2, 0.25) is 0 Å². The van der Waals surface area contributed by atoms with E-state index in [2.05, 4.69) is 17.4 Å². The maximum absolute atomic E-state index is 11.4. The molecule has 1 aliphatic heterocycles. The van der Waals surface area contributed by atoms with Crippen LogP contribution in [0.4, 0.5) is 0 Å². The zero-order valence-electron chi connectivity index (χ0n) is 8.29. The summed E-state index contributed by atoms with van der Waals surface area (Å²) in [5.74, 6) is 0.187. The maximum Gasteiger partial charge on any atom is 0.160 e. The van der Waals surface area contributed by atoms with Crippen molar-refractivity contribution in [2.45, 2.75) is 13.0 Å². The summed E-state index contributed by atoms with van der Waals surface area (Å²) < 4.78 is 0. The van der Waals surface area contributed by atoms with Crippen molar-refractivity contribution in [3.8, 4) is 0 Å². The third kappa shape index (κ3) is 1.30. The van der Waals surface area contributed by atoms with Gasteiger partial charge < -0.3 is 5.32 Å². The van der Waals surface area contributed by atoms with E-state index in [-0.39, 0.29) is 5.78 Å². The van der Waals surface area contributed by atoms with Gasteiger partial charge in [0.25, 0.3) is 0 Å². The second kappa shape index (κ2) is 3.09. The molecule has 2 aliphatic rings. The molecule has 1 aromatic carbocycles. The van der Waals surface area contributed by atoms with Gasteiger partial charge in [-0.3, -0.25) is 4.79 Å². The van der Waals surface area contributed by atoms with Crippen LogP contribution in [0.1, 0.15) is 17.5 Å². The molecule has 2 heteroatoms. The van der Waals surface area contributed by atoms with Gasteiger partial charge >= 0.3 is 0 Å². The molecule has 0 bridgehead atoms. The van der Waals surface area contributed by atoms with Crippen LogP contribution >= 0.6 is 0 Å². The highest BCUT2D eigenvalue weighted by Gasteiger charge is 2.20. The Morgan fingerprint density at radius 2 is 2.00 bits per heavy atom. The topological polar surface area (TPSA) is 29.1 Å². The van der Waals surface area contributed by atoms with Crippen LogP contribution in [0.5, 0.6) is 0 Å². The van der Waals surface area contributed by atoms with E-state index < -0.39 is 0 Å². The summed E-state index contributed by atoms with van der Waals surface area (Å²) >= 11 is 0. The molecule has 15 heavy (non-hydrogen) atoms. The minimum atomic E-state index is 0.187. The highest BCUT2D eigenvalue weighted by Crippen LogP contribution is 2.31. The number of nitrogens with one attached hydrogen (secondary N) is 1. The molecule has 1 aromatic rings. The lowest BCUT2D eigenvalue weighted by atomic mass is 9.88. The Kier molecular flexibility index (Phi) is 1.75. The van der Waals surface area contributed by atoms with E-state index >= 15 is 0 Å². The molecule has 0 radical (unpaired) electrons. The molecular weight excluding hydrogens is 186 g/mol. The average Bonchev–Trinajstić information content (AvgIpc) is 2.29. The highest BCUT2D eigenvalue weighted by molar-refractivity contribution is 6.02. The fourth-order valence-corrected chi connectivity index (χ4v) is 2.17. The molecule has 1 aliphatic carbocycles. The van der Waals surface area contributed by atoms with E-state index in [0.29, 0.717) is 6.42 Å². The van der Waals surface area contributed by atoms with Gasteiger partial charge in [-0.25, -0.2) is 0 Å². The summed E-state index contributed by atoms with van der Waals surface area (Å²) in [6.07, 6.45) is 4.06. The lowest BCUT2D eigenvalue weighted by Gasteiger charge is -2.24. The first-order valence-electron chi connectivity index (χ1n) is 5.11. The number of benzene rings is 1. The Hall–Kier alpha value is -1.83. The molecule has 0 atom stereocenters. The van der Waals surface area contributed by atoms with Gasteiger partial charge in [-0.1, -0.05) is 24.3 Å². The Bertz CT molecular complexity index is 497. The van der Waals surface area contributed by atoms with Crippen LogP contribution in [0.3, 0.4) is 0 Å². The summed E-state index contributed by atoms with van der Waals surface area (Å²) in [6.45, 7) is 0.855. The number of carbonyl (C=O) groups is 1. The van der Waals surface area contributed by atoms with E-state index in [1.165, 1.54) is 11.1 Å². The molecular formula is C13H11NO. The van der Waals surface area contributed by atoms with Crippen LogP contribution < -0.4 is 5.32 Å². The number of ketones is 1. The molecule has 0 unspecified atom stereocenters. The van der Waals surface area contributed by atoms with Gasteiger partial charge in [-0.05, 0) is 28.9 Å². The summed E-state index contributed by atoms with van der Waals surface area (Å²) in [4.78, 5) is 11.4. The van der Waals surface area contributed by atoms with Crippen molar-refractivity contribution in [1.82, 2.24) is 5.32 Å². The largest absolute Gasteiger partial charge is 0.381 e. The molecule has 0 spiro atoms. The molecule has 0 fully saturated rings. The number of carbonyl (C=O) groups excluding carboxylic acids is 1. The fourth-order valence-electron chi connectivity index (χ4n) is 2.17. The first-order valence-corrected chi connectivity index (χ1v) is 5.11. The highest BCUT2D eigenvalue weighted by atomic mass is 16.1. The van der Waals surface area contributed by atoms with E-state index in [9.17, 15) is 4.79 Å². The maximum atomic E-state index is 11.4. The summed E-state index contributed by atoms with van der Waals surface area (Å²) in [5, 5.41) is 3.34. The van der Waals surface area contributed by atoms with Gasteiger partial charge in [0.05, 0.1) is 0 Å². The minimum absolute atomic E-state index is 0.187. The predicted molar refractivity (Wildman–Crippen MR) is 59.0 cm³/mol. The molecule has 0 aromatic heterocycles. The van der Waals surface area contributed by atoms with Crippen LogP contribution in [0.15, 0.2) is 42.1 Å². The van der Waals surface area contributed by atoms with E-state index in [1.54, 1.807) is 6.08 Å². The van der Waals surface area contributed by atoms with Gasteiger partial charge in [-0.2, -0.15) is 0 Å². The van der Waals surface area contributed by atoms with Gasteiger partial charge in [0, 0.05) is 18.7 Å². The normalized spacial score (nSPS) is 18.3. The standard InChI is InChI=1S/C13H11NO/c15-10-5-6-13-12(7-10)11-4-2-1-3-9(11)8-14-13/h1-6,14H,7-8H2. The molecule has 1 heterocycles. The zero-order valence-corrected chi connectivity index (χ0v) is 8.29. The van der Waals surface area contributed by atoms with Crippen molar-refractivity contribution in [1.29, 1.82) is 0 Å². The number of hydrogen-bond acceptors (Lipinski definition) is 2. The summed E-state index contributed by atoms with van der Waals surface area (Å²) in [5.41, 5.74) is 4.75. The Morgan fingerprint density at radius 3 is 2.93 bits per heavy atom. The smallest absolute Gasteiger partial charge is 0.160 e. The first kappa shape index (κ1) is 8.48. The van der Waals surface area contributed by atoms with Gasteiger partial charge in [-0.15, -0.1) is 0 Å². The third-order valence-electron chi connectivity index (χ3n) is 2.92. The Labute approximate surface area is 88.3 Å². The molecule has 2 nitrogen and oxygen atoms in total. The van der Waals surface area contributed by atoms with Crippen LogP contribution in [0, 0.1) is 0 Å². The Balaban J connectivity index is 2.17. The Morgan fingerprint density at radius 1 is 1.13 bits per heavy atom. The molecule has 3 rings (SSSR count). The molecule has 74 valence electrons. The van der Waals surface area contributed by atoms with Crippen LogP contribution in [0.25, 0.3) is 5.57 Å². The molecule has 0 saturated heterocycles. The minimum Gasteiger partial charge on any atom is -0.381 e. The fraction of sp³-hybridized carbons (Fsp3) is 0.154. The van der Waals surface area contributed by atoms with Gasteiger partial charge in [0.15, 0.2) is 5.78 Å². The van der Waals surface area contributed by atoms with Gasteiger partial charge in [0.1, 0.15) is 0 Å². The van der Waals surface area contributed by atoms with E-state index in [4.69, 9.17) is 0 Å². The van der Waals surface area contributed by atoms with Crippen LogP contribution in [-0.4, -0.2) is 5.78 Å². The average molecular weight is 197 g/mol. The number of hydrogen-bond donors (Lipinski definition) is 1. The lowest BCUT2D eigenvalue weighted by molar-refractivity contribution is -0.113. The first-order chi connectivity index (χ1) is 7.34. The number of fused-ring (bicyclic) bond motifs is 2. The third-order valence-corrected chi connectivity index (χ3v) is 2.92. The quantitative estimate of drug-likeness (QED) is 0.689. The van der Waals surface area contributed by atoms with Crippen molar-refractivity contribution < 1.29 is 4.79 Å². The van der Waals surface area contributed by atoms with E-state index in [0.717, 1.165) is 17.8 Å². The summed E-state index contributed by atoms with van der Waals surface area (Å²) in [6, 6.07) is 8.26. The number of rotatable bonds is 0. The van der Waals surface area contributed by atoms with Crippen LogP contribution in [-0.2, 0) is 11.3 Å².